The summed E-state index contributed by atoms with van der Waals surface area (Å²) >= 11 is 0. The van der Waals surface area contributed by atoms with Crippen LogP contribution in [0.4, 0.5) is 0 Å². The molecule has 12 aromatic heterocycles. The predicted octanol–water partition coefficient (Wildman–Crippen LogP) is 23.7. The first-order valence-electron chi connectivity index (χ1n) is 35.5. The summed E-state index contributed by atoms with van der Waals surface area (Å²) in [5, 5.41) is 34.0. The van der Waals surface area contributed by atoms with Crippen LogP contribution in [0.15, 0.2) is 263 Å². The van der Waals surface area contributed by atoms with Crippen molar-refractivity contribution in [1.82, 2.24) is 29.9 Å². The van der Waals surface area contributed by atoms with E-state index in [-0.39, 0.29) is 94.9 Å². The van der Waals surface area contributed by atoms with E-state index in [9.17, 15) is 14.4 Å². The van der Waals surface area contributed by atoms with Gasteiger partial charge < -0.3 is 56.8 Å². The van der Waals surface area contributed by atoms with Crippen molar-refractivity contribution < 1.29 is 117 Å². The summed E-state index contributed by atoms with van der Waals surface area (Å²) in [6.45, 7) is 20.7. The third-order valence-corrected chi connectivity index (χ3v) is 17.6. The molecule has 0 fully saturated rings. The van der Waals surface area contributed by atoms with Gasteiger partial charge >= 0.3 is 0 Å². The number of ketones is 3. The van der Waals surface area contributed by atoms with E-state index in [1.807, 2.05) is 173 Å². The minimum atomic E-state index is -0.125. The van der Waals surface area contributed by atoms with Crippen LogP contribution in [0.2, 0.25) is 0 Å². The smallest absolute Gasteiger partial charge is 0.216 e. The second-order valence-corrected chi connectivity index (χ2v) is 26.9. The molecule has 0 aliphatic rings. The molecule has 18 nitrogen and oxygen atoms in total. The van der Waals surface area contributed by atoms with E-state index in [0.717, 1.165) is 167 Å². The van der Waals surface area contributed by atoms with Crippen molar-refractivity contribution in [3.8, 4) is 67.7 Å². The maximum absolute atomic E-state index is 10.0. The number of nitrogens with zero attached hydrogens (tertiary/aromatic N) is 6. The topological polar surface area (TPSA) is 268 Å². The molecule has 0 saturated carbocycles. The van der Waals surface area contributed by atoms with Crippen LogP contribution in [0.5, 0.6) is 0 Å². The average molecular weight is 2050 g/mol. The van der Waals surface area contributed by atoms with E-state index >= 15 is 0 Å². The summed E-state index contributed by atoms with van der Waals surface area (Å²) < 4.78 is 36.8. The van der Waals surface area contributed by atoms with Crippen molar-refractivity contribution in [2.45, 2.75) is 83.1 Å². The zero-order valence-corrected chi connectivity index (χ0v) is 71.2. The van der Waals surface area contributed by atoms with E-state index in [1.54, 1.807) is 0 Å². The van der Waals surface area contributed by atoms with Gasteiger partial charge in [0.05, 0.1) is 34.0 Å². The van der Waals surface area contributed by atoms with Gasteiger partial charge in [-0.05, 0) is 184 Å². The quantitative estimate of drug-likeness (QED) is 0.0688. The molecule has 0 spiro atoms. The summed E-state index contributed by atoms with van der Waals surface area (Å²) in [5.74, 6) is 2.32. The third kappa shape index (κ3) is 19.5. The fraction of sp³-hybridized carbons (Fsp3) is 0.129. The van der Waals surface area contributed by atoms with Gasteiger partial charge in [0, 0.05) is 163 Å². The molecule has 21 heteroatoms. The van der Waals surface area contributed by atoms with Crippen LogP contribution in [0.25, 0.3) is 167 Å². The van der Waals surface area contributed by atoms with Crippen LogP contribution in [0, 0.1) is 59.7 Å². The molecule has 6 aromatic carbocycles. The first-order valence-corrected chi connectivity index (χ1v) is 35.5. The minimum absolute atomic E-state index is 0. The first kappa shape index (κ1) is 84.3. The number of carbonyl (C=O) groups excluding carboxylic acids is 3. The average Bonchev–Trinajstić information content (AvgIpc) is 1.61. The number of aromatic nitrogens is 6. The van der Waals surface area contributed by atoms with Gasteiger partial charge in [-0.15, -0.1) is 54.6 Å². The fourth-order valence-electron chi connectivity index (χ4n) is 12.7. The first-order chi connectivity index (χ1) is 53.4. The molecule has 0 atom stereocenters. The largest absolute Gasteiger partial charge is 0.512 e. The maximum atomic E-state index is 10.0. The molecular weight excluding hydrogens is 1970 g/mol. The van der Waals surface area contributed by atoms with Gasteiger partial charge in [-0.2, -0.15) is 0 Å². The van der Waals surface area contributed by atoms with Gasteiger partial charge in [0.2, 0.25) is 17.1 Å². The number of benzene rings is 6. The second-order valence-electron chi connectivity index (χ2n) is 26.9. The van der Waals surface area contributed by atoms with Gasteiger partial charge in [0.1, 0.15) is 34.0 Å². The Morgan fingerprint density at radius 1 is 0.351 bits per heavy atom. The normalized spacial score (nSPS) is 11.3. The molecular formula is C93H75Ir3N6O12-3. The summed E-state index contributed by atoms with van der Waals surface area (Å²) in [6, 6.07) is 70.3. The number of aliphatic hydroxyl groups excluding tert-OH is 3. The van der Waals surface area contributed by atoms with Crippen LogP contribution < -0.4 is 0 Å². The number of pyridine rings is 6. The Morgan fingerprint density at radius 2 is 0.675 bits per heavy atom. The minimum Gasteiger partial charge on any atom is -0.512 e. The number of aliphatic hydroxyl groups is 3. The molecule has 12 heterocycles. The Morgan fingerprint density at radius 3 is 1.00 bits per heavy atom. The molecule has 3 radical (unpaired) electrons. The van der Waals surface area contributed by atoms with Crippen LogP contribution in [-0.4, -0.2) is 62.6 Å². The summed E-state index contributed by atoms with van der Waals surface area (Å²) in [7, 11) is 0. The summed E-state index contributed by atoms with van der Waals surface area (Å²) in [6.07, 6.45) is 9.02. The van der Waals surface area contributed by atoms with Crippen LogP contribution in [0.1, 0.15) is 75.3 Å². The molecule has 0 saturated heterocycles. The predicted molar refractivity (Wildman–Crippen MR) is 436 cm³/mol. The van der Waals surface area contributed by atoms with Crippen LogP contribution >= 0.6 is 0 Å². The number of aryl methyl sites for hydroxylation is 6. The SMILES string of the molecule is CC(=O)C=C(C)O.CC(=O)C=C(C)O.CC(=O)C=C(C)O.Cc1ccc(-c2cc3cnc(-c4[c-]ccc5c4oc4nc(C)ccc45)cc3o2)cc1.Cc1ccc2c(n1)oc1c(-c3cc4oc(-c5c(C)cccc5C)cc4cn3)[c-]ccc12.Cc1ccc2c(n1)oc1c(-c3cc4oc(-c5ccccc5)cc4cn3)[c-]ccc12.[Ir].[Ir].[Ir]. The third-order valence-electron chi connectivity index (χ3n) is 17.6. The molecule has 579 valence electrons. The van der Waals surface area contributed by atoms with Crippen molar-refractivity contribution in [1.29, 1.82) is 0 Å². The Bertz CT molecular complexity index is 6580. The van der Waals surface area contributed by atoms with Crippen molar-refractivity contribution in [2.24, 2.45) is 0 Å². The van der Waals surface area contributed by atoms with Gasteiger partial charge in [0.25, 0.3) is 0 Å². The molecule has 0 unspecified atom stereocenters. The molecule has 3 N–H and O–H groups in total. The van der Waals surface area contributed by atoms with Gasteiger partial charge in [-0.25, -0.2) is 15.0 Å². The van der Waals surface area contributed by atoms with Gasteiger partial charge in [0.15, 0.2) is 17.3 Å². The Labute approximate surface area is 696 Å². The van der Waals surface area contributed by atoms with Crippen molar-refractivity contribution in [3.05, 3.63) is 288 Å². The number of carbonyl (C=O) groups is 3. The number of fused-ring (bicyclic) bond motifs is 12. The fourth-order valence-corrected chi connectivity index (χ4v) is 12.7. The van der Waals surface area contributed by atoms with Crippen molar-refractivity contribution >= 4 is 116 Å². The molecule has 114 heavy (non-hydrogen) atoms. The summed E-state index contributed by atoms with van der Waals surface area (Å²) in [4.78, 5) is 57.6. The van der Waals surface area contributed by atoms with Crippen molar-refractivity contribution in [3.63, 3.8) is 0 Å². The molecule has 0 bridgehead atoms. The van der Waals surface area contributed by atoms with Gasteiger partial charge in [-0.3, -0.25) is 14.4 Å². The number of allylic oxidation sites excluding steroid dienone is 6. The Hall–Kier alpha value is -12.2. The Kier molecular flexibility index (Phi) is 27.3. The molecule has 0 aliphatic carbocycles. The number of hydrogen-bond acceptors (Lipinski definition) is 18. The van der Waals surface area contributed by atoms with E-state index in [2.05, 4.69) is 112 Å². The van der Waals surface area contributed by atoms with Gasteiger partial charge in [-0.1, -0.05) is 111 Å². The molecule has 18 rings (SSSR count). The van der Waals surface area contributed by atoms with Crippen LogP contribution in [0.3, 0.4) is 0 Å². The van der Waals surface area contributed by atoms with E-state index < -0.39 is 0 Å². The van der Waals surface area contributed by atoms with E-state index in [4.69, 9.17) is 46.8 Å². The summed E-state index contributed by atoms with van der Waals surface area (Å²) in [5.41, 5.74) is 20.7. The molecule has 18 aromatic rings. The Balaban J connectivity index is 0.000000159. The standard InChI is InChI=1S/C27H19N2O2.C26H17N2O2.C25H15N2O2.3C5H8O2.3Ir/c1-15-6-4-7-16(2)25(15)24-12-18-14-28-22(13-23(18)30-24)21-9-5-8-19-20-11-10-17(3)29-27(20)31-26(19)21;1-15-6-9-17(10-7-15)23-12-18-14-27-22(13-24(18)29-23)21-5-3-4-19-20-11-8-16(2)28-26(20)30-25(19)21;1-15-10-11-19-18-8-5-9-20(24(18)29-25(19)27-15)21-13-23-17(14-26-21)12-22(28-23)16-6-3-2-4-7-16;3*1-4(6)3-5(2)7;;;/h4-8,10-14H,1-3H3;3-4,6-14H,1-2H3;2-8,10-14H,1H3;3*3,6H,1-2H3;;;/q3*-1;;;;;;. The monoisotopic (exact) mass is 2050 g/mol. The van der Waals surface area contributed by atoms with E-state index in [0.29, 0.717) is 17.1 Å². The second kappa shape index (κ2) is 37.0. The van der Waals surface area contributed by atoms with Crippen LogP contribution in [-0.2, 0) is 74.7 Å². The van der Waals surface area contributed by atoms with Crippen molar-refractivity contribution in [2.75, 3.05) is 0 Å². The zero-order valence-electron chi connectivity index (χ0n) is 64.0. The molecule has 0 aliphatic heterocycles. The number of furan rings is 6. The molecule has 0 amide bonds. The maximum Gasteiger partial charge on any atom is 0.216 e. The van der Waals surface area contributed by atoms with E-state index in [1.165, 1.54) is 76.5 Å². The number of rotatable bonds is 9. The number of hydrogen-bond donors (Lipinski definition) is 3. The zero-order chi connectivity index (χ0) is 78.3.